The Morgan fingerprint density at radius 2 is 2.07 bits per heavy atom. The summed E-state index contributed by atoms with van der Waals surface area (Å²) < 4.78 is 0. The van der Waals surface area contributed by atoms with Crippen molar-refractivity contribution in [1.29, 1.82) is 0 Å². The lowest BCUT2D eigenvalue weighted by Gasteiger charge is -2.25. The van der Waals surface area contributed by atoms with E-state index in [4.69, 9.17) is 5.73 Å². The van der Waals surface area contributed by atoms with Gasteiger partial charge in [-0.15, -0.1) is 0 Å². The van der Waals surface area contributed by atoms with Gasteiger partial charge in [0.25, 0.3) is 0 Å². The summed E-state index contributed by atoms with van der Waals surface area (Å²) in [6, 6.07) is 5.44. The lowest BCUT2D eigenvalue weighted by Crippen LogP contribution is -2.28. The van der Waals surface area contributed by atoms with Gasteiger partial charge < -0.3 is 10.8 Å². The Labute approximate surface area is 88.6 Å². The van der Waals surface area contributed by atoms with Crippen LogP contribution in [-0.4, -0.2) is 10.9 Å². The smallest absolute Gasteiger partial charge is 0.117 e. The van der Waals surface area contributed by atoms with Crippen LogP contribution >= 0.6 is 0 Å². The van der Waals surface area contributed by atoms with E-state index >= 15 is 0 Å². The summed E-state index contributed by atoms with van der Waals surface area (Å²) >= 11 is 0. The zero-order valence-electron chi connectivity index (χ0n) is 8.48. The Bertz CT molecular complexity index is 439. The molecule has 3 nitrogen and oxygen atoms in total. The monoisotopic (exact) mass is 202 g/mol. The molecule has 1 aliphatic carbocycles. The highest BCUT2D eigenvalue weighted by Crippen LogP contribution is 2.47. The molecule has 1 aromatic carbocycles. The van der Waals surface area contributed by atoms with Crippen molar-refractivity contribution in [1.82, 2.24) is 0 Å². The van der Waals surface area contributed by atoms with E-state index in [-0.39, 0.29) is 5.75 Å². The van der Waals surface area contributed by atoms with Crippen molar-refractivity contribution >= 4 is 11.5 Å². The molecule has 0 saturated heterocycles. The number of nitrogens with zero attached hydrogens (tertiary/aromatic N) is 1. The molecule has 2 unspecified atom stereocenters. The van der Waals surface area contributed by atoms with Crippen molar-refractivity contribution in [3.63, 3.8) is 0 Å². The molecule has 0 amide bonds. The van der Waals surface area contributed by atoms with Crippen LogP contribution in [0.2, 0.25) is 0 Å². The van der Waals surface area contributed by atoms with Gasteiger partial charge in [-0.1, -0.05) is 12.5 Å². The van der Waals surface area contributed by atoms with E-state index in [9.17, 15) is 5.11 Å². The van der Waals surface area contributed by atoms with Crippen LogP contribution in [0.3, 0.4) is 0 Å². The van der Waals surface area contributed by atoms with Crippen LogP contribution < -0.4 is 5.73 Å². The Morgan fingerprint density at radius 3 is 2.93 bits per heavy atom. The standard InChI is InChI=1S/C12H14N2O/c13-12-10-3-1-2-8(10)9-5-4-7(15)6-11(9)14-12/h4-6,8,10,15H,1-3H2,(H2,13,14). The average molecular weight is 202 g/mol. The molecule has 3 heteroatoms. The minimum absolute atomic E-state index is 0.266. The molecule has 0 spiro atoms. The van der Waals surface area contributed by atoms with Crippen molar-refractivity contribution in [3.05, 3.63) is 23.8 Å². The number of hydrogen-bond acceptors (Lipinski definition) is 3. The number of benzene rings is 1. The maximum absolute atomic E-state index is 9.40. The average Bonchev–Trinajstić information content (AvgIpc) is 2.66. The van der Waals surface area contributed by atoms with Gasteiger partial charge in [-0.05, 0) is 30.4 Å². The second-order valence-corrected chi connectivity index (χ2v) is 4.42. The topological polar surface area (TPSA) is 58.6 Å². The van der Waals surface area contributed by atoms with Gasteiger partial charge in [-0.3, -0.25) is 0 Å². The third kappa shape index (κ3) is 1.23. The maximum Gasteiger partial charge on any atom is 0.117 e. The molecule has 0 radical (unpaired) electrons. The number of fused-ring (bicyclic) bond motifs is 3. The number of aromatic hydroxyl groups is 1. The number of nitrogens with two attached hydrogens (primary N) is 1. The summed E-state index contributed by atoms with van der Waals surface area (Å²) in [6.07, 6.45) is 3.57. The van der Waals surface area contributed by atoms with E-state index in [1.54, 1.807) is 12.1 Å². The first-order valence-electron chi connectivity index (χ1n) is 5.42. The zero-order valence-corrected chi connectivity index (χ0v) is 8.48. The fraction of sp³-hybridized carbons (Fsp3) is 0.417. The number of phenols is 1. The molecule has 1 fully saturated rings. The third-order valence-corrected chi connectivity index (χ3v) is 3.56. The Hall–Kier alpha value is -1.51. The van der Waals surface area contributed by atoms with E-state index in [0.717, 1.165) is 17.9 Å². The van der Waals surface area contributed by atoms with E-state index in [2.05, 4.69) is 4.99 Å². The summed E-state index contributed by atoms with van der Waals surface area (Å²) in [4.78, 5) is 4.38. The highest BCUT2D eigenvalue weighted by atomic mass is 16.3. The minimum atomic E-state index is 0.266. The summed E-state index contributed by atoms with van der Waals surface area (Å²) in [5.74, 6) is 1.97. The summed E-state index contributed by atoms with van der Waals surface area (Å²) in [5, 5.41) is 9.40. The summed E-state index contributed by atoms with van der Waals surface area (Å²) in [7, 11) is 0. The van der Waals surface area contributed by atoms with Gasteiger partial charge in [0.2, 0.25) is 0 Å². The van der Waals surface area contributed by atoms with Crippen LogP contribution in [0.5, 0.6) is 5.75 Å². The molecular weight excluding hydrogens is 188 g/mol. The molecule has 78 valence electrons. The molecule has 2 atom stereocenters. The fourth-order valence-electron chi connectivity index (χ4n) is 2.85. The molecule has 1 aromatic rings. The first-order valence-corrected chi connectivity index (χ1v) is 5.42. The second kappa shape index (κ2) is 2.99. The highest BCUT2D eigenvalue weighted by molar-refractivity contribution is 5.89. The molecule has 3 rings (SSSR count). The van der Waals surface area contributed by atoms with Crippen LogP contribution in [0.4, 0.5) is 5.69 Å². The maximum atomic E-state index is 9.40. The van der Waals surface area contributed by atoms with Gasteiger partial charge in [0.1, 0.15) is 11.6 Å². The molecule has 1 aliphatic heterocycles. The lowest BCUT2D eigenvalue weighted by molar-refractivity contribution is 0.474. The van der Waals surface area contributed by atoms with Crippen LogP contribution in [0.1, 0.15) is 30.7 Å². The predicted molar refractivity (Wildman–Crippen MR) is 59.5 cm³/mol. The van der Waals surface area contributed by atoms with Crippen LogP contribution in [0.25, 0.3) is 0 Å². The van der Waals surface area contributed by atoms with E-state index in [1.807, 2.05) is 6.07 Å². The molecular formula is C12H14N2O. The number of amidine groups is 1. The largest absolute Gasteiger partial charge is 0.508 e. The van der Waals surface area contributed by atoms with Crippen molar-refractivity contribution < 1.29 is 5.11 Å². The van der Waals surface area contributed by atoms with Gasteiger partial charge in [-0.2, -0.15) is 0 Å². The van der Waals surface area contributed by atoms with Crippen LogP contribution in [-0.2, 0) is 0 Å². The molecule has 0 aromatic heterocycles. The first-order chi connectivity index (χ1) is 7.25. The molecule has 15 heavy (non-hydrogen) atoms. The second-order valence-electron chi connectivity index (χ2n) is 4.42. The van der Waals surface area contributed by atoms with E-state index in [0.29, 0.717) is 11.8 Å². The van der Waals surface area contributed by atoms with Crippen molar-refractivity contribution in [2.24, 2.45) is 16.6 Å². The lowest BCUT2D eigenvalue weighted by atomic mass is 9.85. The van der Waals surface area contributed by atoms with Gasteiger partial charge in [0, 0.05) is 12.0 Å². The van der Waals surface area contributed by atoms with E-state index in [1.165, 1.54) is 18.4 Å². The van der Waals surface area contributed by atoms with Crippen molar-refractivity contribution in [3.8, 4) is 5.75 Å². The fourth-order valence-corrected chi connectivity index (χ4v) is 2.85. The molecule has 2 aliphatic rings. The minimum Gasteiger partial charge on any atom is -0.508 e. The van der Waals surface area contributed by atoms with Crippen LogP contribution in [0.15, 0.2) is 23.2 Å². The molecule has 3 N–H and O–H groups in total. The van der Waals surface area contributed by atoms with Crippen LogP contribution in [0, 0.1) is 5.92 Å². The summed E-state index contributed by atoms with van der Waals surface area (Å²) in [6.45, 7) is 0. The van der Waals surface area contributed by atoms with Gasteiger partial charge in [0.15, 0.2) is 0 Å². The quantitative estimate of drug-likeness (QED) is 0.678. The van der Waals surface area contributed by atoms with Gasteiger partial charge in [-0.25, -0.2) is 4.99 Å². The zero-order chi connectivity index (χ0) is 10.4. The number of hydrogen-bond donors (Lipinski definition) is 2. The number of rotatable bonds is 0. The van der Waals surface area contributed by atoms with Gasteiger partial charge in [0.05, 0.1) is 5.69 Å². The molecule has 0 bridgehead atoms. The third-order valence-electron chi connectivity index (χ3n) is 3.56. The Morgan fingerprint density at radius 1 is 1.27 bits per heavy atom. The SMILES string of the molecule is NC1=Nc2cc(O)ccc2C2CCCC12. The molecule has 1 heterocycles. The summed E-state index contributed by atoms with van der Waals surface area (Å²) in [5.41, 5.74) is 8.06. The van der Waals surface area contributed by atoms with Gasteiger partial charge >= 0.3 is 0 Å². The van der Waals surface area contributed by atoms with Crippen molar-refractivity contribution in [2.75, 3.05) is 0 Å². The Balaban J connectivity index is 2.16. The van der Waals surface area contributed by atoms with Crippen molar-refractivity contribution in [2.45, 2.75) is 25.2 Å². The number of phenolic OH excluding ortho intramolecular Hbond substituents is 1. The molecule has 1 saturated carbocycles. The first kappa shape index (κ1) is 8.77. The predicted octanol–water partition coefficient (Wildman–Crippen LogP) is 2.28. The highest BCUT2D eigenvalue weighted by Gasteiger charge is 2.35. The Kier molecular flexibility index (Phi) is 1.75. The van der Waals surface area contributed by atoms with E-state index < -0.39 is 0 Å². The normalized spacial score (nSPS) is 28.1. The number of aliphatic imine (C=N–C) groups is 1.